The highest BCUT2D eigenvalue weighted by molar-refractivity contribution is 5.50. The molecule has 1 aromatic heterocycles. The van der Waals surface area contributed by atoms with Crippen LogP contribution in [0.2, 0.25) is 0 Å². The lowest BCUT2D eigenvalue weighted by molar-refractivity contribution is 0.154. The first-order chi connectivity index (χ1) is 11.6. The van der Waals surface area contributed by atoms with E-state index in [1.54, 1.807) is 6.33 Å². The molecule has 0 aliphatic carbocycles. The molecule has 0 unspecified atom stereocenters. The summed E-state index contributed by atoms with van der Waals surface area (Å²) < 4.78 is 5.33. The Morgan fingerprint density at radius 1 is 1.42 bits per heavy atom. The highest BCUT2D eigenvalue weighted by Crippen LogP contribution is 2.25. The third kappa shape index (κ3) is 4.43. The van der Waals surface area contributed by atoms with Crippen molar-refractivity contribution in [3.63, 3.8) is 0 Å². The highest BCUT2D eigenvalue weighted by atomic mass is 16.5. The fourth-order valence-electron chi connectivity index (χ4n) is 3.30. The third-order valence-electron chi connectivity index (χ3n) is 4.47. The van der Waals surface area contributed by atoms with E-state index < -0.39 is 0 Å². The van der Waals surface area contributed by atoms with E-state index in [2.05, 4.69) is 45.3 Å². The van der Waals surface area contributed by atoms with Gasteiger partial charge in [-0.1, -0.05) is 11.6 Å². The molecule has 0 spiro atoms. The zero-order chi connectivity index (χ0) is 16.9. The van der Waals surface area contributed by atoms with Crippen LogP contribution in [-0.2, 0) is 4.74 Å². The Morgan fingerprint density at radius 3 is 3.04 bits per heavy atom. The van der Waals surface area contributed by atoms with Crippen LogP contribution in [0.25, 0.3) is 0 Å². The number of nitrogens with one attached hydrogen (secondary N) is 1. The van der Waals surface area contributed by atoms with Crippen LogP contribution in [0.5, 0.6) is 0 Å². The van der Waals surface area contributed by atoms with Gasteiger partial charge < -0.3 is 25.0 Å². The van der Waals surface area contributed by atoms with Crippen molar-refractivity contribution < 1.29 is 9.84 Å². The maximum Gasteiger partial charge on any atom is 0.134 e. The van der Waals surface area contributed by atoms with Crippen LogP contribution in [-0.4, -0.2) is 79.1 Å². The second-order valence-electron chi connectivity index (χ2n) is 6.76. The van der Waals surface area contributed by atoms with Gasteiger partial charge in [0.15, 0.2) is 0 Å². The van der Waals surface area contributed by atoms with Gasteiger partial charge in [0.1, 0.15) is 18.0 Å². The topological polar surface area (TPSA) is 73.8 Å². The molecule has 132 valence electrons. The minimum Gasteiger partial charge on any atom is -0.391 e. The van der Waals surface area contributed by atoms with Crippen LogP contribution in [0.4, 0.5) is 11.6 Å². The van der Waals surface area contributed by atoms with E-state index in [1.807, 2.05) is 6.07 Å². The molecule has 3 rings (SSSR count). The van der Waals surface area contributed by atoms with E-state index in [0.717, 1.165) is 44.2 Å². The lowest BCUT2D eigenvalue weighted by atomic mass is 10.1. The van der Waals surface area contributed by atoms with Gasteiger partial charge in [-0.05, 0) is 26.9 Å². The molecule has 1 aromatic rings. The van der Waals surface area contributed by atoms with E-state index in [1.165, 1.54) is 5.57 Å². The molecular formula is C17H27N5O2. The summed E-state index contributed by atoms with van der Waals surface area (Å²) in [6.45, 7) is 3.79. The van der Waals surface area contributed by atoms with Gasteiger partial charge in [0.2, 0.25) is 0 Å². The normalized spacial score (nSPS) is 24.3. The summed E-state index contributed by atoms with van der Waals surface area (Å²) in [5.41, 5.74) is 1.35. The molecular weight excluding hydrogens is 306 g/mol. The first kappa shape index (κ1) is 17.1. The quantitative estimate of drug-likeness (QED) is 0.744. The van der Waals surface area contributed by atoms with Gasteiger partial charge in [-0.15, -0.1) is 0 Å². The molecule has 2 aliphatic heterocycles. The number of β-amino-alcohol motifs (C(OH)–C–C–N with tert-alkyl or cyclic N) is 1. The smallest absolute Gasteiger partial charge is 0.134 e. The second kappa shape index (κ2) is 7.92. The van der Waals surface area contributed by atoms with Crippen molar-refractivity contribution in [2.24, 2.45) is 0 Å². The number of aliphatic hydroxyl groups is 1. The summed E-state index contributed by atoms with van der Waals surface area (Å²) in [4.78, 5) is 13.1. The summed E-state index contributed by atoms with van der Waals surface area (Å²) in [6, 6.07) is 2.25. The summed E-state index contributed by atoms with van der Waals surface area (Å²) in [5.74, 6) is 1.69. The standard InChI is InChI=1S/C17H27N5O2/c1-21(2)10-14-7-15(23)11-22(14)17-8-16(19-12-20-17)18-9-13-3-5-24-6-4-13/h3,8,12,14-15,23H,4-7,9-11H2,1-2H3,(H,18,19,20)/t14-,15-/m1/s1. The van der Waals surface area contributed by atoms with Gasteiger partial charge in [0, 0.05) is 31.7 Å². The molecule has 0 bridgehead atoms. The number of ether oxygens (including phenoxy) is 1. The Labute approximate surface area is 143 Å². The molecule has 2 atom stereocenters. The molecule has 0 saturated carbocycles. The van der Waals surface area contributed by atoms with Crippen molar-refractivity contribution in [3.8, 4) is 0 Å². The molecule has 1 saturated heterocycles. The Bertz CT molecular complexity index is 578. The van der Waals surface area contributed by atoms with Gasteiger partial charge >= 0.3 is 0 Å². The molecule has 24 heavy (non-hydrogen) atoms. The minimum atomic E-state index is -0.297. The third-order valence-corrected chi connectivity index (χ3v) is 4.47. The minimum absolute atomic E-state index is 0.274. The predicted molar refractivity (Wildman–Crippen MR) is 94.4 cm³/mol. The SMILES string of the molecule is CN(C)C[C@H]1C[C@@H](O)CN1c1cc(NCC2=CCOCC2)ncn1. The van der Waals surface area contributed by atoms with Crippen molar-refractivity contribution in [3.05, 3.63) is 24.0 Å². The van der Waals surface area contributed by atoms with Gasteiger partial charge in [0.25, 0.3) is 0 Å². The number of aromatic nitrogens is 2. The summed E-state index contributed by atoms with van der Waals surface area (Å²) in [6.07, 6.45) is 5.16. The number of nitrogens with zero attached hydrogens (tertiary/aromatic N) is 4. The fraction of sp³-hybridized carbons (Fsp3) is 0.647. The van der Waals surface area contributed by atoms with Crippen molar-refractivity contribution in [2.45, 2.75) is 25.0 Å². The van der Waals surface area contributed by atoms with Gasteiger partial charge in [-0.2, -0.15) is 0 Å². The van der Waals surface area contributed by atoms with Gasteiger partial charge in [-0.25, -0.2) is 9.97 Å². The second-order valence-corrected chi connectivity index (χ2v) is 6.76. The van der Waals surface area contributed by atoms with E-state index in [4.69, 9.17) is 4.74 Å². The molecule has 0 aromatic carbocycles. The maximum absolute atomic E-state index is 10.0. The Morgan fingerprint density at radius 2 is 2.29 bits per heavy atom. The monoisotopic (exact) mass is 333 g/mol. The van der Waals surface area contributed by atoms with Crippen LogP contribution in [0.15, 0.2) is 24.0 Å². The summed E-state index contributed by atoms with van der Waals surface area (Å²) in [5, 5.41) is 13.4. The molecule has 0 radical (unpaired) electrons. The van der Waals surface area contributed by atoms with E-state index in [0.29, 0.717) is 13.2 Å². The van der Waals surface area contributed by atoms with Crippen molar-refractivity contribution in [2.75, 3.05) is 57.2 Å². The molecule has 2 N–H and O–H groups in total. The number of anilines is 2. The molecule has 0 amide bonds. The van der Waals surface area contributed by atoms with E-state index in [9.17, 15) is 5.11 Å². The number of likely N-dealkylation sites (N-methyl/N-ethyl adjacent to an activating group) is 1. The Hall–Kier alpha value is -1.70. The van der Waals surface area contributed by atoms with Crippen molar-refractivity contribution in [1.29, 1.82) is 0 Å². The van der Waals surface area contributed by atoms with E-state index in [-0.39, 0.29) is 12.1 Å². The first-order valence-corrected chi connectivity index (χ1v) is 8.53. The van der Waals surface area contributed by atoms with Crippen LogP contribution in [0, 0.1) is 0 Å². The average molecular weight is 333 g/mol. The van der Waals surface area contributed by atoms with Gasteiger partial charge in [0.05, 0.1) is 19.3 Å². The lowest BCUT2D eigenvalue weighted by Gasteiger charge is -2.27. The van der Waals surface area contributed by atoms with Crippen molar-refractivity contribution in [1.82, 2.24) is 14.9 Å². The van der Waals surface area contributed by atoms with Crippen LogP contribution >= 0.6 is 0 Å². The number of aliphatic hydroxyl groups excluding tert-OH is 1. The van der Waals surface area contributed by atoms with Crippen molar-refractivity contribution >= 4 is 11.6 Å². The summed E-state index contributed by atoms with van der Waals surface area (Å²) in [7, 11) is 4.11. The van der Waals surface area contributed by atoms with Crippen LogP contribution in [0.1, 0.15) is 12.8 Å². The Kier molecular flexibility index (Phi) is 5.65. The molecule has 1 fully saturated rings. The predicted octanol–water partition coefficient (Wildman–Crippen LogP) is 0.736. The lowest BCUT2D eigenvalue weighted by Crippen LogP contribution is -2.38. The number of hydrogen-bond donors (Lipinski definition) is 2. The molecule has 2 aliphatic rings. The largest absolute Gasteiger partial charge is 0.391 e. The fourth-order valence-corrected chi connectivity index (χ4v) is 3.30. The zero-order valence-electron chi connectivity index (χ0n) is 14.5. The highest BCUT2D eigenvalue weighted by Gasteiger charge is 2.32. The number of rotatable bonds is 6. The number of hydrogen-bond acceptors (Lipinski definition) is 7. The average Bonchev–Trinajstić information content (AvgIpc) is 2.94. The maximum atomic E-state index is 10.0. The molecule has 3 heterocycles. The molecule has 7 nitrogen and oxygen atoms in total. The Balaban J connectivity index is 1.66. The van der Waals surface area contributed by atoms with Crippen LogP contribution in [0.3, 0.4) is 0 Å². The van der Waals surface area contributed by atoms with Gasteiger partial charge in [-0.3, -0.25) is 0 Å². The first-order valence-electron chi connectivity index (χ1n) is 8.53. The molecule has 7 heteroatoms. The van der Waals surface area contributed by atoms with Crippen LogP contribution < -0.4 is 10.2 Å². The zero-order valence-corrected chi connectivity index (χ0v) is 14.5. The summed E-state index contributed by atoms with van der Waals surface area (Å²) >= 11 is 0. The van der Waals surface area contributed by atoms with E-state index >= 15 is 0 Å².